The molecule has 59 heavy (non-hydrogen) atoms. The third-order valence-corrected chi connectivity index (χ3v) is 10.5. The summed E-state index contributed by atoms with van der Waals surface area (Å²) >= 11 is 0. The van der Waals surface area contributed by atoms with E-state index in [1.807, 2.05) is 0 Å². The molecule has 0 aromatic rings. The lowest BCUT2D eigenvalue weighted by molar-refractivity contribution is -0.366. The van der Waals surface area contributed by atoms with Crippen LogP contribution in [0.1, 0.15) is 77.0 Å². The van der Waals surface area contributed by atoms with Crippen LogP contribution >= 0.6 is 0 Å². The summed E-state index contributed by atoms with van der Waals surface area (Å²) in [5.41, 5.74) is 0. The van der Waals surface area contributed by atoms with E-state index in [1.165, 1.54) is 0 Å². The second kappa shape index (κ2) is 24.2. The molecule has 4 aliphatic rings. The quantitative estimate of drug-likeness (QED) is 0.0339. The molecule has 0 aromatic carbocycles. The molecule has 0 aromatic heterocycles. The molecule has 11 N–H and O–H groups in total. The highest BCUT2D eigenvalue weighted by molar-refractivity contribution is 6.01. The topological polar surface area (TPSA) is 350 Å². The Bertz CT molecular complexity index is 1310. The minimum absolute atomic E-state index is 0.0174. The van der Waals surface area contributed by atoms with E-state index in [-0.39, 0.29) is 44.7 Å². The first-order valence-electron chi connectivity index (χ1n) is 20.0. The van der Waals surface area contributed by atoms with Crippen LogP contribution in [0.2, 0.25) is 0 Å². The second-order valence-electron chi connectivity index (χ2n) is 14.9. The van der Waals surface area contributed by atoms with E-state index in [9.17, 15) is 70.2 Å². The van der Waals surface area contributed by atoms with Gasteiger partial charge in [-0.05, 0) is 12.8 Å². The number of carbonyl (C=O) groups is 4. The number of rotatable bonds is 23. The monoisotopic (exact) mass is 856 g/mol. The highest BCUT2D eigenvalue weighted by Gasteiger charge is 2.52. The van der Waals surface area contributed by atoms with E-state index >= 15 is 0 Å². The normalized spacial score (nSPS) is 36.5. The number of nitrogens with one attached hydrogen (secondary N) is 1. The largest absolute Gasteiger partial charge is 0.394 e. The van der Waals surface area contributed by atoms with Crippen molar-refractivity contribution < 1.29 is 104 Å². The summed E-state index contributed by atoms with van der Waals surface area (Å²) < 4.78 is 33.3. The molecule has 0 spiro atoms. The van der Waals surface area contributed by atoms with Crippen LogP contribution in [0.3, 0.4) is 0 Å². The molecule has 0 unspecified atom stereocenters. The van der Waals surface area contributed by atoms with Crippen molar-refractivity contribution in [2.75, 3.05) is 33.0 Å². The van der Waals surface area contributed by atoms with Crippen LogP contribution in [0.25, 0.3) is 0 Å². The Kier molecular flexibility index (Phi) is 20.1. The second-order valence-corrected chi connectivity index (χ2v) is 14.9. The zero-order chi connectivity index (χ0) is 43.2. The highest BCUT2D eigenvalue weighted by Crippen LogP contribution is 2.31. The number of hydrogen-bond acceptors (Lipinski definition) is 21. The van der Waals surface area contributed by atoms with Gasteiger partial charge in [-0.15, -0.1) is 5.06 Å². The van der Waals surface area contributed by atoms with Crippen LogP contribution in [0.4, 0.5) is 0 Å². The minimum atomic E-state index is -1.90. The van der Waals surface area contributed by atoms with Crippen molar-refractivity contribution in [2.24, 2.45) is 0 Å². The zero-order valence-electron chi connectivity index (χ0n) is 32.6. The molecule has 0 saturated carbocycles. The van der Waals surface area contributed by atoms with Gasteiger partial charge in [0, 0.05) is 32.2 Å². The summed E-state index contributed by atoms with van der Waals surface area (Å²) in [5, 5.41) is 106. The SMILES string of the molecule is O=C(CCCCCCCCCCC(=O)ON1C(=O)CCC1=O)NCCO[C@@H]1O[C@H](CO[C@H]2O[C@H](CO)[C@@H](O)[C@H](O)[C@@H]2O)[C@@H](O)[C@H](O[C@H]2O[C@H](CO)[C@@H](O)[C@H](O)[C@@H]2O)[C@@H]1O. The molecule has 3 amide bonds. The third kappa shape index (κ3) is 13.7. The summed E-state index contributed by atoms with van der Waals surface area (Å²) in [7, 11) is 0. The standard InChI is InChI=1S/C36H60N2O21/c39-15-18-25(45)28(48)30(50)34(55-18)54-17-20-27(47)33(58-36-31(51)29(49)26(46)19(16-40)56-36)32(52)35(57-20)53-14-13-37-21(41)9-7-5-3-1-2-4-6-8-10-24(44)59-38-22(42)11-12-23(38)43/h18-20,25-36,39-40,45-52H,1-17H2,(H,37,41)/t18-,19-,20-,25-,26-,27-,28+,29+,30+,31+,32+,33+,34+,35-,36-/m1/s1. The van der Waals surface area contributed by atoms with Crippen LogP contribution in [0.15, 0.2) is 0 Å². The van der Waals surface area contributed by atoms with Gasteiger partial charge >= 0.3 is 5.97 Å². The van der Waals surface area contributed by atoms with Gasteiger partial charge < -0.3 is 89.6 Å². The number of hydrogen-bond donors (Lipinski definition) is 11. The van der Waals surface area contributed by atoms with Gasteiger partial charge in [-0.1, -0.05) is 38.5 Å². The van der Waals surface area contributed by atoms with Gasteiger partial charge in [-0.3, -0.25) is 14.4 Å². The van der Waals surface area contributed by atoms with Crippen LogP contribution in [-0.2, 0) is 52.4 Å². The predicted octanol–water partition coefficient (Wildman–Crippen LogP) is -4.92. The molecule has 0 aliphatic carbocycles. The van der Waals surface area contributed by atoms with Crippen LogP contribution in [-0.4, -0.2) is 205 Å². The summed E-state index contributed by atoms with van der Waals surface area (Å²) in [5.74, 6) is -1.89. The van der Waals surface area contributed by atoms with Gasteiger partial charge in [-0.2, -0.15) is 0 Å². The molecule has 4 heterocycles. The van der Waals surface area contributed by atoms with Gasteiger partial charge in [0.2, 0.25) is 5.91 Å². The minimum Gasteiger partial charge on any atom is -0.394 e. The van der Waals surface area contributed by atoms with Crippen molar-refractivity contribution >= 4 is 23.7 Å². The number of aliphatic hydroxyl groups excluding tert-OH is 10. The van der Waals surface area contributed by atoms with Gasteiger partial charge in [0.05, 0.1) is 26.4 Å². The van der Waals surface area contributed by atoms with Crippen LogP contribution in [0, 0.1) is 0 Å². The Morgan fingerprint density at radius 3 is 1.66 bits per heavy atom. The smallest absolute Gasteiger partial charge is 0.333 e. The molecule has 0 radical (unpaired) electrons. The number of aliphatic hydroxyl groups is 10. The van der Waals surface area contributed by atoms with Crippen LogP contribution in [0.5, 0.6) is 0 Å². The maximum atomic E-state index is 12.4. The van der Waals surface area contributed by atoms with Crippen molar-refractivity contribution in [2.45, 2.75) is 169 Å². The molecule has 340 valence electrons. The van der Waals surface area contributed by atoms with Gasteiger partial charge in [0.1, 0.15) is 73.2 Å². The Morgan fingerprint density at radius 2 is 1.08 bits per heavy atom. The van der Waals surface area contributed by atoms with E-state index in [0.717, 1.165) is 38.5 Å². The van der Waals surface area contributed by atoms with Crippen molar-refractivity contribution in [1.29, 1.82) is 0 Å². The summed E-state index contributed by atoms with van der Waals surface area (Å²) in [4.78, 5) is 52.2. The van der Waals surface area contributed by atoms with Gasteiger partial charge in [-0.25, -0.2) is 4.79 Å². The Labute approximate surface area is 339 Å². The predicted molar refractivity (Wildman–Crippen MR) is 191 cm³/mol. The first-order chi connectivity index (χ1) is 28.2. The fourth-order valence-corrected chi connectivity index (χ4v) is 6.94. The van der Waals surface area contributed by atoms with Crippen LogP contribution < -0.4 is 5.32 Å². The first-order valence-corrected chi connectivity index (χ1v) is 20.0. The Hall–Kier alpha value is -2.56. The number of carbonyl (C=O) groups excluding carboxylic acids is 4. The van der Waals surface area contributed by atoms with Crippen molar-refractivity contribution in [1.82, 2.24) is 10.4 Å². The van der Waals surface area contributed by atoms with Crippen molar-refractivity contribution in [3.8, 4) is 0 Å². The van der Waals surface area contributed by atoms with E-state index in [1.54, 1.807) is 0 Å². The lowest BCUT2D eigenvalue weighted by Crippen LogP contribution is -2.65. The third-order valence-electron chi connectivity index (χ3n) is 10.5. The average Bonchev–Trinajstić information content (AvgIpc) is 3.53. The maximum absolute atomic E-state index is 12.4. The number of amides is 3. The molecule has 0 bridgehead atoms. The van der Waals surface area contributed by atoms with E-state index in [4.69, 9.17) is 33.3 Å². The number of imide groups is 1. The lowest BCUT2D eigenvalue weighted by atomic mass is 9.96. The molecular formula is C36H60N2O21. The molecule has 4 rings (SSSR count). The van der Waals surface area contributed by atoms with E-state index < -0.39 is 130 Å². The summed E-state index contributed by atoms with van der Waals surface area (Å²) in [6.07, 6.45) is -18.2. The van der Waals surface area contributed by atoms with Gasteiger partial charge in [0.15, 0.2) is 18.9 Å². The number of hydroxylamine groups is 2. The molecule has 23 nitrogen and oxygen atoms in total. The summed E-state index contributed by atoms with van der Waals surface area (Å²) in [6.45, 7) is -2.36. The number of unbranched alkanes of at least 4 members (excludes halogenated alkanes) is 7. The molecule has 4 saturated heterocycles. The Morgan fingerprint density at radius 1 is 0.593 bits per heavy atom. The fraction of sp³-hybridized carbons (Fsp3) is 0.889. The van der Waals surface area contributed by atoms with E-state index in [0.29, 0.717) is 17.9 Å². The molecular weight excluding hydrogens is 796 g/mol. The molecule has 4 fully saturated rings. The fourth-order valence-electron chi connectivity index (χ4n) is 6.94. The van der Waals surface area contributed by atoms with Crippen molar-refractivity contribution in [3.63, 3.8) is 0 Å². The average molecular weight is 857 g/mol. The number of ether oxygens (including phenoxy) is 6. The highest BCUT2D eigenvalue weighted by atomic mass is 16.8. The molecule has 15 atom stereocenters. The van der Waals surface area contributed by atoms with Crippen molar-refractivity contribution in [3.05, 3.63) is 0 Å². The summed E-state index contributed by atoms with van der Waals surface area (Å²) in [6, 6.07) is 0. The van der Waals surface area contributed by atoms with Gasteiger partial charge in [0.25, 0.3) is 11.8 Å². The molecule has 4 aliphatic heterocycles. The molecule has 23 heteroatoms. The first kappa shape index (κ1) is 49.1. The maximum Gasteiger partial charge on any atom is 0.333 e. The van der Waals surface area contributed by atoms with E-state index in [2.05, 4.69) is 5.32 Å². The Balaban J connectivity index is 1.17. The number of nitrogens with zero attached hydrogens (tertiary/aromatic N) is 1. The lowest BCUT2D eigenvalue weighted by Gasteiger charge is -2.46. The zero-order valence-corrected chi connectivity index (χ0v) is 32.6.